The second-order valence-electron chi connectivity index (χ2n) is 5.41. The molecule has 124 valence electrons. The molecule has 1 saturated heterocycles. The molecule has 0 saturated carbocycles. The summed E-state index contributed by atoms with van der Waals surface area (Å²) >= 11 is 0. The van der Waals surface area contributed by atoms with Crippen LogP contribution in [-0.2, 0) is 9.59 Å². The van der Waals surface area contributed by atoms with E-state index in [1.807, 2.05) is 6.92 Å². The zero-order valence-corrected chi connectivity index (χ0v) is 13.2. The summed E-state index contributed by atoms with van der Waals surface area (Å²) in [6.07, 6.45) is 0.0303. The van der Waals surface area contributed by atoms with Crippen molar-refractivity contribution in [3.8, 4) is 5.75 Å². The Kier molecular flexibility index (Phi) is 4.46. The van der Waals surface area contributed by atoms with E-state index in [-0.39, 0.29) is 23.9 Å². The molecule has 24 heavy (non-hydrogen) atoms. The third-order valence-electron chi connectivity index (χ3n) is 3.72. The minimum absolute atomic E-state index is 0.0303. The van der Waals surface area contributed by atoms with Crippen LogP contribution in [0, 0.1) is 5.82 Å². The summed E-state index contributed by atoms with van der Waals surface area (Å²) < 4.78 is 18.7. The molecule has 1 aliphatic rings. The standard InChI is InChI=1S/C18H17FN2O3/c1-2-24-15-8-6-13(7-9-15)20-16-11-17(22)21(18(16)23)14-5-3-4-12(19)10-14/h3-10,16,20H,2,11H2,1H3/t16-/m0/s1. The number of carbonyl (C=O) groups excluding carboxylic acids is 2. The van der Waals surface area contributed by atoms with Gasteiger partial charge in [0.1, 0.15) is 17.6 Å². The van der Waals surface area contributed by atoms with Crippen molar-refractivity contribution in [2.75, 3.05) is 16.8 Å². The predicted octanol–water partition coefficient (Wildman–Crippen LogP) is 2.97. The fraction of sp³-hybridized carbons (Fsp3) is 0.222. The van der Waals surface area contributed by atoms with Crippen molar-refractivity contribution in [2.45, 2.75) is 19.4 Å². The van der Waals surface area contributed by atoms with Gasteiger partial charge in [-0.25, -0.2) is 9.29 Å². The SMILES string of the molecule is CCOc1ccc(N[C@H]2CC(=O)N(c3cccc(F)c3)C2=O)cc1. The first-order valence-corrected chi connectivity index (χ1v) is 7.70. The van der Waals surface area contributed by atoms with Gasteiger partial charge in [-0.1, -0.05) is 6.07 Å². The van der Waals surface area contributed by atoms with Crippen LogP contribution >= 0.6 is 0 Å². The second-order valence-corrected chi connectivity index (χ2v) is 5.41. The first kappa shape index (κ1) is 16.0. The van der Waals surface area contributed by atoms with Gasteiger partial charge >= 0.3 is 0 Å². The van der Waals surface area contributed by atoms with Crippen molar-refractivity contribution >= 4 is 23.2 Å². The summed E-state index contributed by atoms with van der Waals surface area (Å²) in [5.41, 5.74) is 0.965. The monoisotopic (exact) mass is 328 g/mol. The Morgan fingerprint density at radius 1 is 1.21 bits per heavy atom. The highest BCUT2D eigenvalue weighted by Gasteiger charge is 2.39. The molecular formula is C18H17FN2O3. The lowest BCUT2D eigenvalue weighted by Gasteiger charge is -2.16. The number of hydrogen-bond donors (Lipinski definition) is 1. The molecule has 0 unspecified atom stereocenters. The zero-order chi connectivity index (χ0) is 17.1. The summed E-state index contributed by atoms with van der Waals surface area (Å²) in [4.78, 5) is 25.7. The molecular weight excluding hydrogens is 311 g/mol. The highest BCUT2D eigenvalue weighted by molar-refractivity contribution is 6.23. The van der Waals surface area contributed by atoms with E-state index in [9.17, 15) is 14.0 Å². The van der Waals surface area contributed by atoms with Gasteiger partial charge < -0.3 is 10.1 Å². The van der Waals surface area contributed by atoms with Crippen LogP contribution in [-0.4, -0.2) is 24.5 Å². The molecule has 3 rings (SSSR count). The van der Waals surface area contributed by atoms with Crippen LogP contribution in [0.5, 0.6) is 5.75 Å². The van der Waals surface area contributed by atoms with E-state index >= 15 is 0 Å². The number of amides is 2. The van der Waals surface area contributed by atoms with E-state index in [2.05, 4.69) is 5.32 Å². The molecule has 2 amide bonds. The average Bonchev–Trinajstić information content (AvgIpc) is 2.83. The number of hydrogen-bond acceptors (Lipinski definition) is 4. The second kappa shape index (κ2) is 6.70. The van der Waals surface area contributed by atoms with Gasteiger partial charge in [-0.05, 0) is 49.4 Å². The van der Waals surface area contributed by atoms with Crippen molar-refractivity contribution in [3.05, 3.63) is 54.3 Å². The fourth-order valence-electron chi connectivity index (χ4n) is 2.65. The van der Waals surface area contributed by atoms with Crippen LogP contribution in [0.3, 0.4) is 0 Å². The van der Waals surface area contributed by atoms with Crippen LogP contribution in [0.15, 0.2) is 48.5 Å². The molecule has 0 aromatic heterocycles. The highest BCUT2D eigenvalue weighted by Crippen LogP contribution is 2.26. The van der Waals surface area contributed by atoms with Crippen LogP contribution in [0.2, 0.25) is 0 Å². The number of nitrogens with zero attached hydrogens (tertiary/aromatic N) is 1. The Hall–Kier alpha value is -2.89. The number of ether oxygens (including phenoxy) is 1. The Balaban J connectivity index is 1.74. The lowest BCUT2D eigenvalue weighted by atomic mass is 10.2. The van der Waals surface area contributed by atoms with Gasteiger partial charge in [-0.3, -0.25) is 9.59 Å². The summed E-state index contributed by atoms with van der Waals surface area (Å²) in [5, 5.41) is 3.04. The first-order chi connectivity index (χ1) is 11.6. The van der Waals surface area contributed by atoms with Crippen molar-refractivity contribution < 1.29 is 18.7 Å². The summed E-state index contributed by atoms with van der Waals surface area (Å²) in [5.74, 6) is -0.497. The minimum Gasteiger partial charge on any atom is -0.494 e. The van der Waals surface area contributed by atoms with Gasteiger partial charge in [0.25, 0.3) is 5.91 Å². The Morgan fingerprint density at radius 3 is 2.62 bits per heavy atom. The molecule has 1 aliphatic heterocycles. The van der Waals surface area contributed by atoms with Crippen LogP contribution in [0.25, 0.3) is 0 Å². The fourth-order valence-corrected chi connectivity index (χ4v) is 2.65. The number of anilines is 2. The van der Waals surface area contributed by atoms with E-state index in [1.165, 1.54) is 24.3 Å². The lowest BCUT2D eigenvalue weighted by molar-refractivity contribution is -0.121. The van der Waals surface area contributed by atoms with Crippen LogP contribution in [0.1, 0.15) is 13.3 Å². The molecule has 2 aromatic rings. The molecule has 0 bridgehead atoms. The highest BCUT2D eigenvalue weighted by atomic mass is 19.1. The maximum Gasteiger partial charge on any atom is 0.256 e. The lowest BCUT2D eigenvalue weighted by Crippen LogP contribution is -2.34. The number of nitrogens with one attached hydrogen (secondary N) is 1. The van der Waals surface area contributed by atoms with E-state index < -0.39 is 11.9 Å². The maximum absolute atomic E-state index is 13.3. The quantitative estimate of drug-likeness (QED) is 0.857. The van der Waals surface area contributed by atoms with Gasteiger partial charge in [0.2, 0.25) is 5.91 Å². The van der Waals surface area contributed by atoms with Gasteiger partial charge in [0.15, 0.2) is 0 Å². The van der Waals surface area contributed by atoms with Crippen molar-refractivity contribution in [1.29, 1.82) is 0 Å². The topological polar surface area (TPSA) is 58.6 Å². The molecule has 5 nitrogen and oxygen atoms in total. The van der Waals surface area contributed by atoms with Gasteiger partial charge in [-0.15, -0.1) is 0 Å². The minimum atomic E-state index is -0.668. The summed E-state index contributed by atoms with van der Waals surface area (Å²) in [6.45, 7) is 2.47. The number of halogens is 1. The largest absolute Gasteiger partial charge is 0.494 e. The van der Waals surface area contributed by atoms with E-state index in [4.69, 9.17) is 4.74 Å². The third kappa shape index (κ3) is 3.22. The zero-order valence-electron chi connectivity index (χ0n) is 13.2. The van der Waals surface area contributed by atoms with Crippen LogP contribution < -0.4 is 15.0 Å². The van der Waals surface area contributed by atoms with Crippen molar-refractivity contribution in [1.82, 2.24) is 0 Å². The number of imide groups is 1. The van der Waals surface area contributed by atoms with Gasteiger partial charge in [0.05, 0.1) is 18.7 Å². The molecule has 6 heteroatoms. The van der Waals surface area contributed by atoms with Crippen LogP contribution in [0.4, 0.5) is 15.8 Å². The van der Waals surface area contributed by atoms with Crippen molar-refractivity contribution in [2.24, 2.45) is 0 Å². The Labute approximate surface area is 139 Å². The Bertz CT molecular complexity index is 761. The Morgan fingerprint density at radius 2 is 1.96 bits per heavy atom. The number of benzene rings is 2. The predicted molar refractivity (Wildman–Crippen MR) is 88.5 cm³/mol. The number of rotatable bonds is 5. The first-order valence-electron chi connectivity index (χ1n) is 7.70. The normalized spacial score (nSPS) is 17.2. The molecule has 1 fully saturated rings. The van der Waals surface area contributed by atoms with Crippen molar-refractivity contribution in [3.63, 3.8) is 0 Å². The van der Waals surface area contributed by atoms with Gasteiger partial charge in [0, 0.05) is 5.69 Å². The molecule has 0 radical (unpaired) electrons. The average molecular weight is 328 g/mol. The maximum atomic E-state index is 13.3. The molecule has 0 spiro atoms. The number of carbonyl (C=O) groups is 2. The smallest absolute Gasteiger partial charge is 0.256 e. The van der Waals surface area contributed by atoms with Gasteiger partial charge in [-0.2, -0.15) is 0 Å². The van der Waals surface area contributed by atoms with E-state index in [0.29, 0.717) is 12.3 Å². The summed E-state index contributed by atoms with van der Waals surface area (Å²) in [7, 11) is 0. The van der Waals surface area contributed by atoms with E-state index in [0.717, 1.165) is 10.6 Å². The third-order valence-corrected chi connectivity index (χ3v) is 3.72. The molecule has 0 aliphatic carbocycles. The molecule has 1 heterocycles. The molecule has 1 N–H and O–H groups in total. The summed E-state index contributed by atoms with van der Waals surface area (Å²) in [6, 6.07) is 11.9. The molecule has 2 aromatic carbocycles. The van der Waals surface area contributed by atoms with E-state index in [1.54, 1.807) is 24.3 Å². The molecule has 1 atom stereocenters.